The number of fused-ring (bicyclic) bond motifs is 3. The molecule has 1 aliphatic rings. The number of nitrogens with one attached hydrogen (secondary N) is 1. The second-order valence-electron chi connectivity index (χ2n) is 4.87. The third-order valence-electron chi connectivity index (χ3n) is 3.63. The normalized spacial score (nSPS) is 14.6. The van der Waals surface area contributed by atoms with Crippen LogP contribution in [-0.2, 0) is 24.0 Å². The maximum Gasteiger partial charge on any atom is 0.138 e. The van der Waals surface area contributed by atoms with Gasteiger partial charge in [-0.15, -0.1) is 11.3 Å². The first-order chi connectivity index (χ1) is 9.33. The predicted octanol–water partition coefficient (Wildman–Crippen LogP) is 2.80. The van der Waals surface area contributed by atoms with E-state index in [1.54, 1.807) is 7.11 Å². The van der Waals surface area contributed by atoms with Crippen molar-refractivity contribution >= 4 is 27.4 Å². The summed E-state index contributed by atoms with van der Waals surface area (Å²) in [5.41, 5.74) is 1.48. The van der Waals surface area contributed by atoms with E-state index in [2.05, 4.69) is 10.3 Å². The molecule has 2 aromatic heterocycles. The lowest BCUT2D eigenvalue weighted by atomic mass is 9.97. The minimum absolute atomic E-state index is 0.666. The molecule has 2 aromatic rings. The van der Waals surface area contributed by atoms with Crippen molar-refractivity contribution in [2.24, 2.45) is 0 Å². The van der Waals surface area contributed by atoms with Crippen molar-refractivity contribution in [3.63, 3.8) is 0 Å². The average molecular weight is 277 g/mol. The molecule has 0 atom stereocenters. The Balaban J connectivity index is 2.11. The van der Waals surface area contributed by atoms with Gasteiger partial charge in [-0.1, -0.05) is 0 Å². The van der Waals surface area contributed by atoms with Crippen LogP contribution in [0, 0.1) is 0 Å². The van der Waals surface area contributed by atoms with Crippen LogP contribution < -0.4 is 5.32 Å². The summed E-state index contributed by atoms with van der Waals surface area (Å²) in [5, 5.41) is 4.49. The Morgan fingerprint density at radius 3 is 2.89 bits per heavy atom. The van der Waals surface area contributed by atoms with Crippen LogP contribution in [-0.4, -0.2) is 30.7 Å². The Morgan fingerprint density at radius 1 is 1.26 bits per heavy atom. The molecule has 0 aromatic carbocycles. The number of nitrogens with zero attached hydrogens (tertiary/aromatic N) is 2. The Labute approximate surface area is 117 Å². The van der Waals surface area contributed by atoms with E-state index in [1.807, 2.05) is 18.4 Å². The summed E-state index contributed by atoms with van der Waals surface area (Å²) in [6.07, 6.45) is 5.73. The fourth-order valence-corrected chi connectivity index (χ4v) is 3.97. The third kappa shape index (κ3) is 2.32. The van der Waals surface area contributed by atoms with E-state index in [1.165, 1.54) is 41.5 Å². The number of hydrogen-bond donors (Lipinski definition) is 1. The largest absolute Gasteiger partial charge is 0.384 e. The van der Waals surface area contributed by atoms with Gasteiger partial charge >= 0.3 is 0 Å². The number of aryl methyl sites for hydroxylation is 2. The monoisotopic (exact) mass is 277 g/mol. The van der Waals surface area contributed by atoms with Crippen molar-refractivity contribution in [2.45, 2.75) is 32.1 Å². The van der Waals surface area contributed by atoms with Gasteiger partial charge in [-0.3, -0.25) is 0 Å². The lowest BCUT2D eigenvalue weighted by molar-refractivity contribution is 0.200. The molecule has 102 valence electrons. The summed E-state index contributed by atoms with van der Waals surface area (Å²) < 4.78 is 5.12. The molecule has 0 spiro atoms. The molecule has 0 saturated carbocycles. The molecular formula is C14H19N3OS. The summed E-state index contributed by atoms with van der Waals surface area (Å²) in [7, 11) is 3.65. The van der Waals surface area contributed by atoms with Crippen molar-refractivity contribution in [1.82, 2.24) is 9.97 Å². The molecule has 0 unspecified atom stereocenters. The van der Waals surface area contributed by atoms with Crippen LogP contribution in [0.25, 0.3) is 10.2 Å². The standard InChI is InChI=1S/C14H19N3OS/c1-15-13-12-9-5-3-4-6-10(9)19-14(12)17-11(16-13)7-8-18-2/h3-8H2,1-2H3,(H,15,16,17). The lowest BCUT2D eigenvalue weighted by Gasteiger charge is -2.11. The highest BCUT2D eigenvalue weighted by molar-refractivity contribution is 7.19. The van der Waals surface area contributed by atoms with Gasteiger partial charge in [0, 0.05) is 25.5 Å². The molecule has 1 aliphatic carbocycles. The number of anilines is 1. The van der Waals surface area contributed by atoms with Gasteiger partial charge in [0.25, 0.3) is 0 Å². The van der Waals surface area contributed by atoms with Gasteiger partial charge in [-0.05, 0) is 31.2 Å². The van der Waals surface area contributed by atoms with Gasteiger partial charge in [0.15, 0.2) is 0 Å². The summed E-state index contributed by atoms with van der Waals surface area (Å²) in [5.74, 6) is 1.85. The zero-order valence-corrected chi connectivity index (χ0v) is 12.3. The second kappa shape index (κ2) is 5.43. The van der Waals surface area contributed by atoms with Crippen LogP contribution in [0.1, 0.15) is 29.1 Å². The number of aromatic nitrogens is 2. The van der Waals surface area contributed by atoms with E-state index in [-0.39, 0.29) is 0 Å². The SMILES string of the molecule is CNc1nc(CCOC)nc2sc3c(c12)CCCC3. The van der Waals surface area contributed by atoms with E-state index in [9.17, 15) is 0 Å². The average Bonchev–Trinajstić information content (AvgIpc) is 2.82. The molecule has 0 radical (unpaired) electrons. The summed E-state index contributed by atoms with van der Waals surface area (Å²) in [6, 6.07) is 0. The van der Waals surface area contributed by atoms with Gasteiger partial charge in [-0.2, -0.15) is 0 Å². The van der Waals surface area contributed by atoms with Gasteiger partial charge in [-0.25, -0.2) is 9.97 Å². The molecule has 0 amide bonds. The van der Waals surface area contributed by atoms with E-state index in [4.69, 9.17) is 9.72 Å². The Morgan fingerprint density at radius 2 is 2.11 bits per heavy atom. The summed E-state index contributed by atoms with van der Waals surface area (Å²) in [6.45, 7) is 0.666. The molecular weight excluding hydrogens is 258 g/mol. The van der Waals surface area contributed by atoms with Gasteiger partial charge in [0.1, 0.15) is 16.5 Å². The van der Waals surface area contributed by atoms with Crippen LogP contribution in [0.5, 0.6) is 0 Å². The van der Waals surface area contributed by atoms with Crippen molar-refractivity contribution < 1.29 is 4.74 Å². The maximum absolute atomic E-state index is 5.12. The number of ether oxygens (including phenoxy) is 1. The molecule has 2 heterocycles. The van der Waals surface area contributed by atoms with Crippen LogP contribution >= 0.6 is 11.3 Å². The van der Waals surface area contributed by atoms with E-state index >= 15 is 0 Å². The molecule has 1 N–H and O–H groups in total. The number of hydrogen-bond acceptors (Lipinski definition) is 5. The number of methoxy groups -OCH3 is 1. The minimum atomic E-state index is 0.666. The first kappa shape index (κ1) is 12.8. The molecule has 3 rings (SSSR count). The molecule has 0 fully saturated rings. The zero-order chi connectivity index (χ0) is 13.2. The lowest BCUT2D eigenvalue weighted by Crippen LogP contribution is -2.05. The zero-order valence-electron chi connectivity index (χ0n) is 11.5. The molecule has 0 bridgehead atoms. The first-order valence-corrected chi connectivity index (χ1v) is 7.63. The molecule has 0 aliphatic heterocycles. The van der Waals surface area contributed by atoms with Crippen LogP contribution in [0.15, 0.2) is 0 Å². The van der Waals surface area contributed by atoms with E-state index in [0.717, 1.165) is 22.9 Å². The van der Waals surface area contributed by atoms with Crippen LogP contribution in [0.3, 0.4) is 0 Å². The highest BCUT2D eigenvalue weighted by Crippen LogP contribution is 2.38. The minimum Gasteiger partial charge on any atom is -0.384 e. The smallest absolute Gasteiger partial charge is 0.138 e. The van der Waals surface area contributed by atoms with Crippen molar-refractivity contribution in [3.05, 3.63) is 16.3 Å². The Hall–Kier alpha value is -1.20. The topological polar surface area (TPSA) is 47.0 Å². The van der Waals surface area contributed by atoms with Crippen LogP contribution in [0.4, 0.5) is 5.82 Å². The third-order valence-corrected chi connectivity index (χ3v) is 4.81. The predicted molar refractivity (Wildman–Crippen MR) is 79.2 cm³/mol. The quantitative estimate of drug-likeness (QED) is 0.933. The maximum atomic E-state index is 5.12. The summed E-state index contributed by atoms with van der Waals surface area (Å²) >= 11 is 1.84. The Kier molecular flexibility index (Phi) is 3.66. The highest BCUT2D eigenvalue weighted by atomic mass is 32.1. The van der Waals surface area contributed by atoms with Gasteiger partial charge in [0.2, 0.25) is 0 Å². The fourth-order valence-electron chi connectivity index (χ4n) is 2.69. The van der Waals surface area contributed by atoms with Crippen molar-refractivity contribution in [3.8, 4) is 0 Å². The van der Waals surface area contributed by atoms with Crippen molar-refractivity contribution in [2.75, 3.05) is 26.1 Å². The van der Waals surface area contributed by atoms with E-state index < -0.39 is 0 Å². The second-order valence-corrected chi connectivity index (χ2v) is 5.96. The van der Waals surface area contributed by atoms with Gasteiger partial charge in [0.05, 0.1) is 12.0 Å². The Bertz CT molecular complexity index is 594. The molecule has 0 saturated heterocycles. The molecule has 4 nitrogen and oxygen atoms in total. The van der Waals surface area contributed by atoms with Gasteiger partial charge < -0.3 is 10.1 Å². The molecule has 19 heavy (non-hydrogen) atoms. The van der Waals surface area contributed by atoms with Crippen LogP contribution in [0.2, 0.25) is 0 Å². The highest BCUT2D eigenvalue weighted by Gasteiger charge is 2.20. The number of rotatable bonds is 4. The molecule has 5 heteroatoms. The summed E-state index contributed by atoms with van der Waals surface area (Å²) in [4.78, 5) is 12.0. The number of thiophene rings is 1. The van der Waals surface area contributed by atoms with E-state index in [0.29, 0.717) is 6.61 Å². The first-order valence-electron chi connectivity index (χ1n) is 6.81. The fraction of sp³-hybridized carbons (Fsp3) is 0.571. The van der Waals surface area contributed by atoms with Crippen molar-refractivity contribution in [1.29, 1.82) is 0 Å².